The van der Waals surface area contributed by atoms with E-state index in [4.69, 9.17) is 5.73 Å². The van der Waals surface area contributed by atoms with Gasteiger partial charge in [0, 0.05) is 5.69 Å². The molecule has 0 bridgehead atoms. The number of nitrogen functional groups attached to an aromatic ring is 1. The molecule has 4 nitrogen and oxygen atoms in total. The zero-order chi connectivity index (χ0) is 13.3. The topological polar surface area (TPSA) is 66.6 Å². The molecule has 1 saturated heterocycles. The molecular weight excluding hydrogens is 228 g/mol. The summed E-state index contributed by atoms with van der Waals surface area (Å²) >= 11 is 0. The molecule has 0 aliphatic carbocycles. The number of carbonyl (C=O) groups is 1. The van der Waals surface area contributed by atoms with Crippen molar-refractivity contribution in [2.24, 2.45) is 0 Å². The fourth-order valence-corrected chi connectivity index (χ4v) is 2.47. The summed E-state index contributed by atoms with van der Waals surface area (Å²) in [6, 6.07) is 5.45. The van der Waals surface area contributed by atoms with Crippen molar-refractivity contribution < 1.29 is 9.90 Å². The maximum atomic E-state index is 12.2. The van der Waals surface area contributed by atoms with Gasteiger partial charge in [0.15, 0.2) is 0 Å². The van der Waals surface area contributed by atoms with Crippen LogP contribution in [0.3, 0.4) is 0 Å². The number of benzene rings is 1. The van der Waals surface area contributed by atoms with Crippen LogP contribution in [0.4, 0.5) is 5.69 Å². The lowest BCUT2D eigenvalue weighted by atomic mass is 9.88. The monoisotopic (exact) mass is 248 g/mol. The summed E-state index contributed by atoms with van der Waals surface area (Å²) in [5, 5.41) is 10.1. The molecule has 0 aromatic heterocycles. The third-order valence-corrected chi connectivity index (χ3v) is 3.53. The Labute approximate surface area is 107 Å². The van der Waals surface area contributed by atoms with Crippen LogP contribution in [0.2, 0.25) is 0 Å². The highest BCUT2D eigenvalue weighted by molar-refractivity contribution is 6.00. The molecule has 4 heteroatoms. The van der Waals surface area contributed by atoms with Crippen LogP contribution in [-0.4, -0.2) is 34.6 Å². The summed E-state index contributed by atoms with van der Waals surface area (Å²) in [7, 11) is 0. The quantitative estimate of drug-likeness (QED) is 0.798. The van der Waals surface area contributed by atoms with Crippen molar-refractivity contribution in [3.05, 3.63) is 29.3 Å². The smallest absolute Gasteiger partial charge is 0.256 e. The van der Waals surface area contributed by atoms with Gasteiger partial charge in [0.05, 0.1) is 24.3 Å². The second-order valence-corrected chi connectivity index (χ2v) is 5.17. The molecule has 1 heterocycles. The van der Waals surface area contributed by atoms with Gasteiger partial charge in [-0.3, -0.25) is 4.79 Å². The fraction of sp³-hybridized carbons (Fsp3) is 0.500. The first-order chi connectivity index (χ1) is 8.47. The maximum Gasteiger partial charge on any atom is 0.256 e. The molecule has 1 aromatic carbocycles. The molecule has 1 amide bonds. The molecule has 1 aliphatic rings. The number of aryl methyl sites for hydroxylation is 1. The number of nitrogens with zero attached hydrogens (tertiary/aromatic N) is 1. The Balaban J connectivity index is 2.08. The molecule has 0 radical (unpaired) electrons. The number of hydrogen-bond donors (Lipinski definition) is 2. The number of aliphatic hydroxyl groups is 1. The van der Waals surface area contributed by atoms with Crippen LogP contribution < -0.4 is 5.73 Å². The molecule has 18 heavy (non-hydrogen) atoms. The van der Waals surface area contributed by atoms with Gasteiger partial charge in [-0.05, 0) is 25.0 Å². The van der Waals surface area contributed by atoms with E-state index in [0.29, 0.717) is 24.3 Å². The largest absolute Gasteiger partial charge is 0.398 e. The van der Waals surface area contributed by atoms with E-state index in [1.54, 1.807) is 11.0 Å². The van der Waals surface area contributed by atoms with Gasteiger partial charge < -0.3 is 15.7 Å². The molecule has 1 aliphatic heterocycles. The van der Waals surface area contributed by atoms with Crippen molar-refractivity contribution in [2.45, 2.75) is 32.3 Å². The number of anilines is 1. The minimum Gasteiger partial charge on any atom is -0.398 e. The number of hydrogen-bond acceptors (Lipinski definition) is 3. The van der Waals surface area contributed by atoms with Crippen molar-refractivity contribution in [1.29, 1.82) is 0 Å². The van der Waals surface area contributed by atoms with Crippen molar-refractivity contribution in [2.75, 3.05) is 18.8 Å². The van der Waals surface area contributed by atoms with Crippen LogP contribution in [0.15, 0.2) is 18.2 Å². The van der Waals surface area contributed by atoms with E-state index in [1.807, 2.05) is 26.0 Å². The fourth-order valence-electron chi connectivity index (χ4n) is 2.47. The van der Waals surface area contributed by atoms with Gasteiger partial charge in [-0.15, -0.1) is 0 Å². The third-order valence-electron chi connectivity index (χ3n) is 3.53. The summed E-state index contributed by atoms with van der Waals surface area (Å²) in [6.45, 7) is 4.73. The summed E-state index contributed by atoms with van der Waals surface area (Å²) < 4.78 is 0. The van der Waals surface area contributed by atoms with Crippen LogP contribution >= 0.6 is 0 Å². The average molecular weight is 248 g/mol. The van der Waals surface area contributed by atoms with Gasteiger partial charge >= 0.3 is 0 Å². The molecule has 1 fully saturated rings. The van der Waals surface area contributed by atoms with Crippen molar-refractivity contribution >= 4 is 11.6 Å². The van der Waals surface area contributed by atoms with E-state index < -0.39 is 5.60 Å². The SMILES string of the molecule is CCCC1(O)CN(C(=O)c2cccc(C)c2N)C1. The van der Waals surface area contributed by atoms with Gasteiger partial charge in [0.1, 0.15) is 0 Å². The number of para-hydroxylation sites is 1. The van der Waals surface area contributed by atoms with E-state index in [9.17, 15) is 9.90 Å². The molecule has 98 valence electrons. The highest BCUT2D eigenvalue weighted by atomic mass is 16.3. The lowest BCUT2D eigenvalue weighted by Gasteiger charge is -2.46. The molecule has 0 unspecified atom stereocenters. The second-order valence-electron chi connectivity index (χ2n) is 5.17. The Hall–Kier alpha value is -1.55. The average Bonchev–Trinajstić information content (AvgIpc) is 2.29. The van der Waals surface area contributed by atoms with E-state index in [2.05, 4.69) is 0 Å². The summed E-state index contributed by atoms with van der Waals surface area (Å²) in [5.74, 6) is -0.0861. The number of β-amino-alcohol motifs (C(OH)–C–C–N with tert-alkyl or cyclic N) is 1. The molecule has 1 aromatic rings. The molecule has 0 saturated carbocycles. The second kappa shape index (κ2) is 4.61. The Morgan fingerprint density at radius 1 is 1.50 bits per heavy atom. The van der Waals surface area contributed by atoms with E-state index in [0.717, 1.165) is 18.4 Å². The summed E-state index contributed by atoms with van der Waals surface area (Å²) in [6.07, 6.45) is 1.66. The van der Waals surface area contributed by atoms with E-state index >= 15 is 0 Å². The van der Waals surface area contributed by atoms with Gasteiger partial charge in [-0.1, -0.05) is 25.5 Å². The zero-order valence-corrected chi connectivity index (χ0v) is 10.9. The number of carbonyl (C=O) groups excluding carboxylic acids is 1. The minimum atomic E-state index is -0.691. The molecule has 0 spiro atoms. The van der Waals surface area contributed by atoms with Crippen LogP contribution in [0, 0.1) is 6.92 Å². The van der Waals surface area contributed by atoms with E-state index in [-0.39, 0.29) is 5.91 Å². The van der Waals surface area contributed by atoms with Crippen LogP contribution in [-0.2, 0) is 0 Å². The Bertz CT molecular complexity index is 465. The minimum absolute atomic E-state index is 0.0861. The highest BCUT2D eigenvalue weighted by Gasteiger charge is 2.43. The Kier molecular flexibility index (Phi) is 3.30. The number of nitrogens with two attached hydrogens (primary N) is 1. The standard InChI is InChI=1S/C14H20N2O2/c1-3-7-14(18)8-16(9-14)13(17)11-6-4-5-10(2)12(11)15/h4-6,18H,3,7-9,15H2,1-2H3. The first kappa shape index (κ1) is 12.9. The lowest BCUT2D eigenvalue weighted by Crippen LogP contribution is -2.63. The predicted molar refractivity (Wildman–Crippen MR) is 71.4 cm³/mol. The first-order valence-corrected chi connectivity index (χ1v) is 6.33. The molecule has 3 N–H and O–H groups in total. The maximum absolute atomic E-state index is 12.2. The van der Waals surface area contributed by atoms with Gasteiger partial charge in [-0.2, -0.15) is 0 Å². The van der Waals surface area contributed by atoms with Crippen molar-refractivity contribution in [1.82, 2.24) is 4.90 Å². The van der Waals surface area contributed by atoms with Gasteiger partial charge in [-0.25, -0.2) is 0 Å². The highest BCUT2D eigenvalue weighted by Crippen LogP contribution is 2.28. The summed E-state index contributed by atoms with van der Waals surface area (Å²) in [4.78, 5) is 13.9. The first-order valence-electron chi connectivity index (χ1n) is 6.33. The van der Waals surface area contributed by atoms with Crippen molar-refractivity contribution in [3.8, 4) is 0 Å². The third kappa shape index (κ3) is 2.20. The zero-order valence-electron chi connectivity index (χ0n) is 10.9. The van der Waals surface area contributed by atoms with Crippen LogP contribution in [0.1, 0.15) is 35.7 Å². The molecular formula is C14H20N2O2. The van der Waals surface area contributed by atoms with Crippen LogP contribution in [0.25, 0.3) is 0 Å². The normalized spacial score (nSPS) is 17.4. The lowest BCUT2D eigenvalue weighted by molar-refractivity contribution is -0.0859. The molecule has 0 atom stereocenters. The molecule has 2 rings (SSSR count). The number of rotatable bonds is 3. The van der Waals surface area contributed by atoms with E-state index in [1.165, 1.54) is 0 Å². The predicted octanol–water partition coefficient (Wildman–Crippen LogP) is 1.56. The van der Waals surface area contributed by atoms with Crippen LogP contribution in [0.5, 0.6) is 0 Å². The number of likely N-dealkylation sites (tertiary alicyclic amines) is 1. The Morgan fingerprint density at radius 3 is 2.78 bits per heavy atom. The van der Waals surface area contributed by atoms with Gasteiger partial charge in [0.2, 0.25) is 0 Å². The Morgan fingerprint density at radius 2 is 2.17 bits per heavy atom. The van der Waals surface area contributed by atoms with Gasteiger partial charge in [0.25, 0.3) is 5.91 Å². The summed E-state index contributed by atoms with van der Waals surface area (Å²) in [5.41, 5.74) is 7.20. The van der Waals surface area contributed by atoms with Crippen molar-refractivity contribution in [3.63, 3.8) is 0 Å². The number of amides is 1.